The largest absolute Gasteiger partial charge is 0.507 e. The normalized spacial score (nSPS) is 14.7. The molecule has 2 aromatic rings. The van der Waals surface area contributed by atoms with Crippen LogP contribution in [0.1, 0.15) is 16.8 Å². The van der Waals surface area contributed by atoms with Crippen molar-refractivity contribution in [3.05, 3.63) is 41.1 Å². The van der Waals surface area contributed by atoms with Gasteiger partial charge < -0.3 is 9.84 Å². The van der Waals surface area contributed by atoms with E-state index in [1.807, 2.05) is 0 Å². The lowest BCUT2D eigenvalue weighted by atomic mass is 10.0. The summed E-state index contributed by atoms with van der Waals surface area (Å²) in [5.41, 5.74) is 0.247. The van der Waals surface area contributed by atoms with Crippen molar-refractivity contribution in [2.45, 2.75) is 19.6 Å². The van der Waals surface area contributed by atoms with Gasteiger partial charge in [-0.15, -0.1) is 0 Å². The monoisotopic (exact) mass is 353 g/mol. The van der Waals surface area contributed by atoms with E-state index in [0.29, 0.717) is 24.9 Å². The van der Waals surface area contributed by atoms with Gasteiger partial charge in [-0.25, -0.2) is 4.79 Å². The summed E-state index contributed by atoms with van der Waals surface area (Å²) in [6.07, 6.45) is -4.97. The number of aromatic nitrogens is 2. The van der Waals surface area contributed by atoms with Gasteiger partial charge in [0.25, 0.3) is 0 Å². The van der Waals surface area contributed by atoms with Crippen LogP contribution in [0.5, 0.6) is 5.75 Å². The molecule has 1 aromatic carbocycles. The van der Waals surface area contributed by atoms with Crippen LogP contribution in [0, 0.1) is 6.92 Å². The maximum absolute atomic E-state index is 12.8. The van der Waals surface area contributed by atoms with Crippen LogP contribution in [0.3, 0.4) is 0 Å². The Morgan fingerprint density at radius 1 is 1.28 bits per heavy atom. The third kappa shape index (κ3) is 3.49. The third-order valence-corrected chi connectivity index (χ3v) is 3.82. The summed E-state index contributed by atoms with van der Waals surface area (Å²) < 4.78 is 43.2. The minimum atomic E-state index is -4.54. The van der Waals surface area contributed by atoms with Gasteiger partial charge in [-0.05, 0) is 36.8 Å². The summed E-state index contributed by atoms with van der Waals surface area (Å²) >= 11 is 0. The number of phenolic OH excluding ortho intramolecular Hbond substituents is 1. The number of rotatable bonds is 3. The first-order valence-electron chi connectivity index (χ1n) is 7.41. The van der Waals surface area contributed by atoms with Crippen molar-refractivity contribution in [2.75, 3.05) is 13.2 Å². The van der Waals surface area contributed by atoms with E-state index >= 15 is 0 Å². The number of halogens is 3. The lowest BCUT2D eigenvalue weighted by Gasteiger charge is -2.14. The zero-order valence-corrected chi connectivity index (χ0v) is 13.2. The van der Waals surface area contributed by atoms with Gasteiger partial charge in [0.15, 0.2) is 0 Å². The van der Waals surface area contributed by atoms with Gasteiger partial charge in [-0.2, -0.15) is 23.4 Å². The maximum Gasteiger partial charge on any atom is 0.416 e. The fourth-order valence-electron chi connectivity index (χ4n) is 2.61. The molecule has 25 heavy (non-hydrogen) atoms. The molecule has 1 saturated heterocycles. The second kappa shape index (κ2) is 6.23. The Bertz CT molecular complexity index is 784. The molecule has 0 saturated carbocycles. The van der Waals surface area contributed by atoms with E-state index in [2.05, 4.69) is 10.2 Å². The van der Waals surface area contributed by atoms with E-state index < -0.39 is 23.6 Å². The molecule has 1 fully saturated rings. The highest BCUT2D eigenvalue weighted by atomic mass is 19.4. The zero-order chi connectivity index (χ0) is 18.2. The number of alkyl halides is 3. The topological polar surface area (TPSA) is 75.6 Å². The van der Waals surface area contributed by atoms with Gasteiger partial charge in [-0.1, -0.05) is 0 Å². The summed E-state index contributed by atoms with van der Waals surface area (Å²) in [4.78, 5) is 12.9. The second-order valence-electron chi connectivity index (χ2n) is 5.63. The highest BCUT2D eigenvalue weighted by Crippen LogP contribution is 2.38. The summed E-state index contributed by atoms with van der Waals surface area (Å²) in [5, 5.41) is 17.9. The molecular formula is C16H14F3N3O3. The summed E-state index contributed by atoms with van der Waals surface area (Å²) in [6, 6.07) is 4.76. The van der Waals surface area contributed by atoms with Crippen molar-refractivity contribution in [1.29, 1.82) is 0 Å². The van der Waals surface area contributed by atoms with Crippen molar-refractivity contribution in [3.8, 4) is 17.0 Å². The predicted molar refractivity (Wildman–Crippen MR) is 80.6 cm³/mol. The molecule has 132 valence electrons. The Morgan fingerprint density at radius 2 is 2.04 bits per heavy atom. The van der Waals surface area contributed by atoms with E-state index in [1.165, 1.54) is 11.8 Å². The van der Waals surface area contributed by atoms with Crippen molar-refractivity contribution < 1.29 is 27.8 Å². The molecule has 1 aromatic heterocycles. The lowest BCUT2D eigenvalue weighted by Crippen LogP contribution is -2.24. The number of ether oxygens (including phenoxy) is 1. The fourth-order valence-corrected chi connectivity index (χ4v) is 2.61. The van der Waals surface area contributed by atoms with E-state index in [4.69, 9.17) is 4.74 Å². The van der Waals surface area contributed by atoms with Gasteiger partial charge in [0, 0.05) is 5.56 Å². The first kappa shape index (κ1) is 17.0. The van der Waals surface area contributed by atoms with Crippen LogP contribution in [-0.4, -0.2) is 39.4 Å². The van der Waals surface area contributed by atoms with Gasteiger partial charge >= 0.3 is 12.3 Å². The highest BCUT2D eigenvalue weighted by Gasteiger charge is 2.32. The summed E-state index contributed by atoms with van der Waals surface area (Å²) in [7, 11) is 0. The number of phenols is 1. The Hall–Kier alpha value is -2.84. The molecule has 0 bridgehead atoms. The molecule has 0 aliphatic carbocycles. The molecule has 0 unspecified atom stereocenters. The average molecular weight is 353 g/mol. The number of aryl methyl sites for hydroxylation is 1. The first-order chi connectivity index (χ1) is 11.8. The Balaban J connectivity index is 1.86. The van der Waals surface area contributed by atoms with Crippen LogP contribution in [0.25, 0.3) is 11.3 Å². The number of cyclic esters (lactones) is 1. The number of carbonyl (C=O) groups excluding carboxylic acids is 1. The molecule has 1 N–H and O–H groups in total. The molecule has 1 amide bonds. The van der Waals surface area contributed by atoms with Crippen molar-refractivity contribution >= 4 is 6.09 Å². The van der Waals surface area contributed by atoms with Crippen LogP contribution >= 0.6 is 0 Å². The Labute approximate surface area is 140 Å². The molecule has 9 heteroatoms. The van der Waals surface area contributed by atoms with Crippen LogP contribution < -0.4 is 0 Å². The van der Waals surface area contributed by atoms with Crippen molar-refractivity contribution in [2.24, 2.45) is 0 Å². The van der Waals surface area contributed by atoms with Gasteiger partial charge in [0.05, 0.1) is 30.0 Å². The van der Waals surface area contributed by atoms with E-state index in [-0.39, 0.29) is 23.4 Å². The van der Waals surface area contributed by atoms with Crippen LogP contribution in [-0.2, 0) is 17.5 Å². The van der Waals surface area contributed by atoms with E-state index in [1.54, 1.807) is 12.1 Å². The highest BCUT2D eigenvalue weighted by molar-refractivity contribution is 5.71. The SMILES string of the molecule is Cc1cc(C(F)(F)F)cc(O)c1-c1ccc(CN2CCOC2=O)nn1. The lowest BCUT2D eigenvalue weighted by molar-refractivity contribution is -0.137. The Morgan fingerprint density at radius 3 is 2.56 bits per heavy atom. The van der Waals surface area contributed by atoms with Crippen LogP contribution in [0.2, 0.25) is 0 Å². The quantitative estimate of drug-likeness (QED) is 0.918. The minimum Gasteiger partial charge on any atom is -0.507 e. The molecule has 6 nitrogen and oxygen atoms in total. The average Bonchev–Trinajstić information content (AvgIpc) is 2.92. The number of nitrogens with zero attached hydrogens (tertiary/aromatic N) is 3. The van der Waals surface area contributed by atoms with E-state index in [0.717, 1.165) is 6.07 Å². The number of hydrogen-bond acceptors (Lipinski definition) is 5. The molecule has 3 rings (SSSR count). The first-order valence-corrected chi connectivity index (χ1v) is 7.41. The number of hydrogen-bond donors (Lipinski definition) is 1. The molecule has 1 aliphatic rings. The summed E-state index contributed by atoms with van der Waals surface area (Å²) in [5.74, 6) is -0.516. The zero-order valence-electron chi connectivity index (χ0n) is 13.2. The van der Waals surface area contributed by atoms with Crippen LogP contribution in [0.4, 0.5) is 18.0 Å². The summed E-state index contributed by atoms with van der Waals surface area (Å²) in [6.45, 7) is 2.47. The molecule has 0 spiro atoms. The predicted octanol–water partition coefficient (Wildman–Crippen LogP) is 3.13. The molecule has 0 radical (unpaired) electrons. The standard InChI is InChI=1S/C16H14F3N3O3/c1-9-6-10(16(17,18)19)7-13(23)14(9)12-3-2-11(20-21-12)8-22-4-5-25-15(22)24/h2-3,6-7,23H,4-5,8H2,1H3. The van der Waals surface area contributed by atoms with Gasteiger partial charge in [0.2, 0.25) is 0 Å². The fraction of sp³-hybridized carbons (Fsp3) is 0.312. The van der Waals surface area contributed by atoms with Crippen LogP contribution in [0.15, 0.2) is 24.3 Å². The molecule has 1 aliphatic heterocycles. The smallest absolute Gasteiger partial charge is 0.416 e. The van der Waals surface area contributed by atoms with Gasteiger partial charge in [-0.3, -0.25) is 4.90 Å². The molecular weight excluding hydrogens is 339 g/mol. The second-order valence-corrected chi connectivity index (χ2v) is 5.63. The Kier molecular flexibility index (Phi) is 4.23. The van der Waals surface area contributed by atoms with Crippen molar-refractivity contribution in [1.82, 2.24) is 15.1 Å². The van der Waals surface area contributed by atoms with E-state index in [9.17, 15) is 23.1 Å². The maximum atomic E-state index is 12.8. The van der Waals surface area contributed by atoms with Crippen molar-refractivity contribution in [3.63, 3.8) is 0 Å². The number of carbonyl (C=O) groups is 1. The number of aromatic hydroxyl groups is 1. The third-order valence-electron chi connectivity index (χ3n) is 3.82. The number of benzene rings is 1. The molecule has 0 atom stereocenters. The number of amides is 1. The van der Waals surface area contributed by atoms with Gasteiger partial charge in [0.1, 0.15) is 12.4 Å². The minimum absolute atomic E-state index is 0.188. The molecule has 2 heterocycles.